The molecule has 19 heavy (non-hydrogen) atoms. The predicted molar refractivity (Wildman–Crippen MR) is 75.6 cm³/mol. The lowest BCUT2D eigenvalue weighted by Crippen LogP contribution is -1.95. The summed E-state index contributed by atoms with van der Waals surface area (Å²) >= 11 is 18.0. The summed E-state index contributed by atoms with van der Waals surface area (Å²) in [5, 5.41) is 0.807. The Morgan fingerprint density at radius 3 is 2.11 bits per heavy atom. The molecular weight excluding hydrogens is 311 g/mol. The molecule has 0 saturated carbocycles. The van der Waals surface area contributed by atoms with Crippen LogP contribution in [0.25, 0.3) is 11.4 Å². The normalized spacial score (nSPS) is 10.4. The van der Waals surface area contributed by atoms with Gasteiger partial charge in [-0.15, -0.1) is 0 Å². The summed E-state index contributed by atoms with van der Waals surface area (Å²) in [6, 6.07) is 4.87. The molecule has 0 amide bonds. The van der Waals surface area contributed by atoms with Gasteiger partial charge in [-0.25, -0.2) is 9.97 Å². The van der Waals surface area contributed by atoms with Crippen LogP contribution >= 0.6 is 34.8 Å². The smallest absolute Gasteiger partial charge is 0.180 e. The number of halogens is 3. The zero-order valence-corrected chi connectivity index (χ0v) is 12.3. The molecule has 0 fully saturated rings. The van der Waals surface area contributed by atoms with Crippen molar-refractivity contribution in [2.45, 2.75) is 0 Å². The summed E-state index contributed by atoms with van der Waals surface area (Å²) in [6.07, 6.45) is 0. The molecule has 0 radical (unpaired) electrons. The van der Waals surface area contributed by atoms with Gasteiger partial charge in [-0.05, 0) is 12.1 Å². The molecule has 0 unspecified atom stereocenters. The molecule has 0 aliphatic rings. The van der Waals surface area contributed by atoms with Crippen molar-refractivity contribution >= 4 is 34.8 Å². The van der Waals surface area contributed by atoms with E-state index in [-0.39, 0.29) is 10.3 Å². The average molecular weight is 320 g/mol. The predicted octanol–water partition coefficient (Wildman–Crippen LogP) is 4.12. The molecule has 0 atom stereocenters. The molecule has 1 aromatic carbocycles. The number of nitrogens with zero attached hydrogens (tertiary/aromatic N) is 2. The molecule has 2 rings (SSSR count). The van der Waals surface area contributed by atoms with Crippen LogP contribution in [0, 0.1) is 0 Å². The van der Waals surface area contributed by atoms with Gasteiger partial charge in [0.25, 0.3) is 0 Å². The Bertz CT molecular complexity index is 600. The fourth-order valence-corrected chi connectivity index (χ4v) is 2.31. The van der Waals surface area contributed by atoms with E-state index in [1.807, 2.05) is 0 Å². The highest BCUT2D eigenvalue weighted by molar-refractivity contribution is 6.35. The lowest BCUT2D eigenvalue weighted by molar-refractivity contribution is 0.355. The average Bonchev–Trinajstić information content (AvgIpc) is 2.36. The molecule has 0 bridgehead atoms. The van der Waals surface area contributed by atoms with E-state index in [1.165, 1.54) is 20.3 Å². The minimum atomic E-state index is 0.237. The quantitative estimate of drug-likeness (QED) is 0.798. The van der Waals surface area contributed by atoms with Gasteiger partial charge < -0.3 is 9.47 Å². The molecule has 1 heterocycles. The SMILES string of the molecule is COc1ccc(-c2nc(Cl)cc(Cl)n2)c(Cl)c1OC. The Hall–Kier alpha value is -1.23. The highest BCUT2D eigenvalue weighted by Gasteiger charge is 2.16. The topological polar surface area (TPSA) is 44.2 Å². The van der Waals surface area contributed by atoms with E-state index in [1.54, 1.807) is 12.1 Å². The van der Waals surface area contributed by atoms with Crippen molar-refractivity contribution in [2.75, 3.05) is 14.2 Å². The Morgan fingerprint density at radius 2 is 1.58 bits per heavy atom. The van der Waals surface area contributed by atoms with Gasteiger partial charge >= 0.3 is 0 Å². The van der Waals surface area contributed by atoms with Crippen molar-refractivity contribution in [1.29, 1.82) is 0 Å². The molecule has 0 aliphatic heterocycles. The van der Waals surface area contributed by atoms with Crippen LogP contribution in [0.3, 0.4) is 0 Å². The number of rotatable bonds is 3. The molecule has 1 aromatic heterocycles. The third kappa shape index (κ3) is 2.86. The first-order valence-electron chi connectivity index (χ1n) is 5.17. The first kappa shape index (κ1) is 14.2. The van der Waals surface area contributed by atoms with Crippen LogP contribution < -0.4 is 9.47 Å². The summed E-state index contributed by atoms with van der Waals surface area (Å²) in [4.78, 5) is 8.17. The van der Waals surface area contributed by atoms with Gasteiger partial charge in [0.1, 0.15) is 10.3 Å². The van der Waals surface area contributed by atoms with Gasteiger partial charge in [0, 0.05) is 11.6 Å². The summed E-state index contributed by atoms with van der Waals surface area (Å²) < 4.78 is 10.4. The molecule has 0 aliphatic carbocycles. The molecule has 0 N–H and O–H groups in total. The molecule has 100 valence electrons. The zero-order valence-electron chi connectivity index (χ0n) is 10.1. The van der Waals surface area contributed by atoms with Crippen molar-refractivity contribution in [1.82, 2.24) is 9.97 Å². The highest BCUT2D eigenvalue weighted by Crippen LogP contribution is 2.41. The van der Waals surface area contributed by atoms with Crippen LogP contribution in [0.2, 0.25) is 15.3 Å². The largest absolute Gasteiger partial charge is 0.493 e. The van der Waals surface area contributed by atoms with Crippen molar-refractivity contribution in [2.24, 2.45) is 0 Å². The maximum Gasteiger partial charge on any atom is 0.180 e. The lowest BCUT2D eigenvalue weighted by atomic mass is 10.2. The highest BCUT2D eigenvalue weighted by atomic mass is 35.5. The van der Waals surface area contributed by atoms with E-state index in [9.17, 15) is 0 Å². The van der Waals surface area contributed by atoms with Gasteiger partial charge in [-0.1, -0.05) is 34.8 Å². The van der Waals surface area contributed by atoms with Crippen LogP contribution in [0.1, 0.15) is 0 Å². The van der Waals surface area contributed by atoms with E-state index in [0.717, 1.165) is 0 Å². The second-order valence-corrected chi connectivity index (χ2v) is 4.65. The number of methoxy groups -OCH3 is 2. The van der Waals surface area contributed by atoms with Crippen LogP contribution in [-0.2, 0) is 0 Å². The fourth-order valence-electron chi connectivity index (χ4n) is 1.57. The number of hydrogen-bond donors (Lipinski definition) is 0. The second kappa shape index (κ2) is 5.82. The third-order valence-electron chi connectivity index (χ3n) is 2.39. The van der Waals surface area contributed by atoms with E-state index < -0.39 is 0 Å². The van der Waals surface area contributed by atoms with Crippen LogP contribution in [-0.4, -0.2) is 24.2 Å². The molecule has 2 aromatic rings. The van der Waals surface area contributed by atoms with Crippen LogP contribution in [0.4, 0.5) is 0 Å². The standard InChI is InChI=1S/C12H9Cl3N2O2/c1-18-7-4-3-6(10(15)11(7)19-2)12-16-8(13)5-9(14)17-12/h3-5H,1-2H3. The Balaban J connectivity index is 2.62. The third-order valence-corrected chi connectivity index (χ3v) is 3.15. The number of hydrogen-bond acceptors (Lipinski definition) is 4. The first-order chi connectivity index (χ1) is 9.06. The summed E-state index contributed by atoms with van der Waals surface area (Å²) in [7, 11) is 3.03. The van der Waals surface area contributed by atoms with E-state index in [4.69, 9.17) is 44.3 Å². The molecule has 7 heteroatoms. The van der Waals surface area contributed by atoms with Crippen molar-refractivity contribution < 1.29 is 9.47 Å². The van der Waals surface area contributed by atoms with E-state index >= 15 is 0 Å². The van der Waals surface area contributed by atoms with E-state index in [0.29, 0.717) is 27.9 Å². The van der Waals surface area contributed by atoms with Crippen molar-refractivity contribution in [3.05, 3.63) is 33.5 Å². The van der Waals surface area contributed by atoms with Gasteiger partial charge in [0.15, 0.2) is 17.3 Å². The lowest BCUT2D eigenvalue weighted by Gasteiger charge is -2.12. The van der Waals surface area contributed by atoms with Gasteiger partial charge in [0.2, 0.25) is 0 Å². The molecule has 0 saturated heterocycles. The second-order valence-electron chi connectivity index (χ2n) is 3.50. The Morgan fingerprint density at radius 1 is 0.947 bits per heavy atom. The Kier molecular flexibility index (Phi) is 4.34. The van der Waals surface area contributed by atoms with Crippen LogP contribution in [0.15, 0.2) is 18.2 Å². The van der Waals surface area contributed by atoms with Crippen molar-refractivity contribution in [3.8, 4) is 22.9 Å². The molecular formula is C12H9Cl3N2O2. The zero-order chi connectivity index (χ0) is 14.0. The first-order valence-corrected chi connectivity index (χ1v) is 6.31. The monoisotopic (exact) mass is 318 g/mol. The van der Waals surface area contributed by atoms with E-state index in [2.05, 4.69) is 9.97 Å². The molecule has 4 nitrogen and oxygen atoms in total. The maximum atomic E-state index is 6.26. The fraction of sp³-hybridized carbons (Fsp3) is 0.167. The summed E-state index contributed by atoms with van der Waals surface area (Å²) in [5.41, 5.74) is 0.559. The van der Waals surface area contributed by atoms with Gasteiger partial charge in [-0.2, -0.15) is 0 Å². The van der Waals surface area contributed by atoms with Crippen LogP contribution in [0.5, 0.6) is 11.5 Å². The maximum absolute atomic E-state index is 6.26. The number of benzene rings is 1. The minimum Gasteiger partial charge on any atom is -0.493 e. The Labute approximate surface area is 125 Å². The molecule has 0 spiro atoms. The van der Waals surface area contributed by atoms with Gasteiger partial charge in [0.05, 0.1) is 19.2 Å². The number of ether oxygens (including phenoxy) is 2. The number of aromatic nitrogens is 2. The minimum absolute atomic E-state index is 0.237. The summed E-state index contributed by atoms with van der Waals surface area (Å²) in [5.74, 6) is 1.24. The van der Waals surface area contributed by atoms with Crippen molar-refractivity contribution in [3.63, 3.8) is 0 Å². The van der Waals surface area contributed by atoms with Gasteiger partial charge in [-0.3, -0.25) is 0 Å². The summed E-state index contributed by atoms with van der Waals surface area (Å²) in [6.45, 7) is 0.